The molecule has 5 aromatic rings. The Bertz CT molecular complexity index is 2040. The van der Waals surface area contributed by atoms with Crippen molar-refractivity contribution in [1.29, 1.82) is 0 Å². The Morgan fingerprint density at radius 3 is 2.32 bits per heavy atom. The van der Waals surface area contributed by atoms with E-state index in [2.05, 4.69) is 26.0 Å². The van der Waals surface area contributed by atoms with Gasteiger partial charge in [-0.05, 0) is 65.1 Å². The molecule has 0 radical (unpaired) electrons. The summed E-state index contributed by atoms with van der Waals surface area (Å²) in [5.41, 5.74) is 3.14. The van der Waals surface area contributed by atoms with Gasteiger partial charge in [-0.25, -0.2) is 13.2 Å². The zero-order valence-corrected chi connectivity index (χ0v) is 25.5. The minimum absolute atomic E-state index is 0.0495. The van der Waals surface area contributed by atoms with Gasteiger partial charge in [-0.2, -0.15) is 0 Å². The number of hydrogen-bond donors (Lipinski definition) is 1. The number of carbonyl (C=O) groups excluding carboxylic acids is 1. The SMILES string of the molecule is CC(C)c1ccccc1-c1sc2cc(OCC3C(=O)c4ccccc4S3(=O)=O)ccc2c1Oc1ccc(/C=C/C(=O)O)cc1. The third-order valence-corrected chi connectivity index (χ3v) is 10.7. The minimum atomic E-state index is -3.83. The van der Waals surface area contributed by atoms with Crippen LogP contribution in [0.15, 0.2) is 102 Å². The topological polar surface area (TPSA) is 107 Å². The third kappa shape index (κ3) is 5.52. The number of hydrogen-bond acceptors (Lipinski definition) is 7. The molecule has 1 aliphatic heterocycles. The Labute approximate surface area is 258 Å². The molecule has 0 spiro atoms. The van der Waals surface area contributed by atoms with Crippen molar-refractivity contribution in [2.24, 2.45) is 0 Å². The Morgan fingerprint density at radius 2 is 1.61 bits per heavy atom. The van der Waals surface area contributed by atoms with Crippen LogP contribution in [0.2, 0.25) is 0 Å². The van der Waals surface area contributed by atoms with Crippen LogP contribution in [0.1, 0.15) is 41.3 Å². The number of ether oxygens (including phenoxy) is 2. The average molecular weight is 625 g/mol. The molecule has 6 rings (SSSR count). The molecule has 0 saturated carbocycles. The highest BCUT2D eigenvalue weighted by Gasteiger charge is 2.44. The predicted octanol–water partition coefficient (Wildman–Crippen LogP) is 8.00. The molecule has 2 heterocycles. The van der Waals surface area contributed by atoms with Crippen molar-refractivity contribution in [3.05, 3.63) is 114 Å². The van der Waals surface area contributed by atoms with E-state index in [4.69, 9.17) is 14.6 Å². The van der Waals surface area contributed by atoms with Gasteiger partial charge in [0, 0.05) is 21.7 Å². The summed E-state index contributed by atoms with van der Waals surface area (Å²) in [6.07, 6.45) is 2.60. The smallest absolute Gasteiger partial charge is 0.328 e. The zero-order valence-electron chi connectivity index (χ0n) is 23.9. The van der Waals surface area contributed by atoms with Gasteiger partial charge in [-0.15, -0.1) is 11.3 Å². The molecular weight excluding hydrogens is 597 g/mol. The van der Waals surface area contributed by atoms with Crippen molar-refractivity contribution in [1.82, 2.24) is 0 Å². The van der Waals surface area contributed by atoms with E-state index in [0.29, 0.717) is 17.2 Å². The zero-order chi connectivity index (χ0) is 31.0. The van der Waals surface area contributed by atoms with E-state index >= 15 is 0 Å². The minimum Gasteiger partial charge on any atom is -0.492 e. The van der Waals surface area contributed by atoms with Gasteiger partial charge in [-0.3, -0.25) is 4.79 Å². The van der Waals surface area contributed by atoms with E-state index in [0.717, 1.165) is 32.2 Å². The van der Waals surface area contributed by atoms with Gasteiger partial charge in [0.15, 0.2) is 26.6 Å². The number of thiophene rings is 1. The third-order valence-electron chi connectivity index (χ3n) is 7.49. The largest absolute Gasteiger partial charge is 0.492 e. The van der Waals surface area contributed by atoms with Crippen LogP contribution in [0.3, 0.4) is 0 Å². The molecule has 1 N–H and O–H groups in total. The number of rotatable bonds is 9. The standard InChI is InChI=1S/C35H28O7S2/c1-21(2)25-7-3-4-8-26(25)35-34(42-23-14-11-22(12-15-23)13-18-32(36)37)27-17-16-24(19-29(27)43-35)41-20-31-33(38)28-9-5-6-10-30(28)44(31,39)40/h3-19,21,31H,20H2,1-2H3,(H,36,37)/b18-13+. The quantitative estimate of drug-likeness (QED) is 0.166. The first-order valence-corrected chi connectivity index (χ1v) is 16.3. The Balaban J connectivity index is 1.35. The second-order valence-corrected chi connectivity index (χ2v) is 13.9. The van der Waals surface area contributed by atoms with Crippen molar-refractivity contribution >= 4 is 49.1 Å². The summed E-state index contributed by atoms with van der Waals surface area (Å²) in [7, 11) is -3.83. The molecule has 0 saturated heterocycles. The van der Waals surface area contributed by atoms with Gasteiger partial charge < -0.3 is 14.6 Å². The fourth-order valence-electron chi connectivity index (χ4n) is 5.28. The number of benzene rings is 4. The maximum atomic E-state index is 13.0. The molecule has 0 bridgehead atoms. The molecular formula is C35H28O7S2. The lowest BCUT2D eigenvalue weighted by Crippen LogP contribution is -2.29. The molecule has 0 aliphatic carbocycles. The molecule has 0 amide bonds. The van der Waals surface area contributed by atoms with Crippen LogP contribution < -0.4 is 9.47 Å². The average Bonchev–Trinajstić information content (AvgIpc) is 3.46. The van der Waals surface area contributed by atoms with Crippen molar-refractivity contribution in [3.8, 4) is 27.7 Å². The van der Waals surface area contributed by atoms with Crippen LogP contribution >= 0.6 is 11.3 Å². The first kappa shape index (κ1) is 29.3. The maximum absolute atomic E-state index is 13.0. The summed E-state index contributed by atoms with van der Waals surface area (Å²) in [5, 5.41) is 8.48. The highest BCUT2D eigenvalue weighted by atomic mass is 32.2. The number of Topliss-reactive ketones (excluding diaryl/α,β-unsaturated/α-hetero) is 1. The predicted molar refractivity (Wildman–Crippen MR) is 172 cm³/mol. The van der Waals surface area contributed by atoms with E-state index in [9.17, 15) is 18.0 Å². The number of carboxylic acids is 1. The highest BCUT2D eigenvalue weighted by molar-refractivity contribution is 7.93. The number of ketones is 1. The summed E-state index contributed by atoms with van der Waals surface area (Å²) in [6.45, 7) is 3.99. The van der Waals surface area contributed by atoms with E-state index < -0.39 is 26.8 Å². The number of carbonyl (C=O) groups is 2. The number of carboxylic acid groups (broad SMARTS) is 1. The molecule has 4 aromatic carbocycles. The fourth-order valence-corrected chi connectivity index (χ4v) is 8.20. The van der Waals surface area contributed by atoms with Crippen molar-refractivity contribution in [2.45, 2.75) is 29.9 Å². The molecule has 1 aromatic heterocycles. The van der Waals surface area contributed by atoms with E-state index in [1.54, 1.807) is 42.5 Å². The first-order chi connectivity index (χ1) is 21.1. The molecule has 1 unspecified atom stereocenters. The normalized spacial score (nSPS) is 15.6. The van der Waals surface area contributed by atoms with Gasteiger partial charge in [0.05, 0.1) is 9.77 Å². The van der Waals surface area contributed by atoms with Gasteiger partial charge in [0.2, 0.25) is 0 Å². The van der Waals surface area contributed by atoms with Crippen molar-refractivity contribution in [3.63, 3.8) is 0 Å². The lowest BCUT2D eigenvalue weighted by Gasteiger charge is -2.14. The highest BCUT2D eigenvalue weighted by Crippen LogP contribution is 2.49. The van der Waals surface area contributed by atoms with Crippen molar-refractivity contribution in [2.75, 3.05) is 6.61 Å². The van der Waals surface area contributed by atoms with Crippen LogP contribution in [-0.2, 0) is 14.6 Å². The van der Waals surface area contributed by atoms with Gasteiger partial charge >= 0.3 is 5.97 Å². The molecule has 44 heavy (non-hydrogen) atoms. The molecule has 1 atom stereocenters. The Morgan fingerprint density at radius 1 is 0.932 bits per heavy atom. The molecule has 7 nitrogen and oxygen atoms in total. The lowest BCUT2D eigenvalue weighted by molar-refractivity contribution is -0.131. The van der Waals surface area contributed by atoms with Crippen LogP contribution in [0.25, 0.3) is 26.6 Å². The Hall–Kier alpha value is -4.73. The first-order valence-electron chi connectivity index (χ1n) is 14.0. The van der Waals surface area contributed by atoms with Crippen LogP contribution in [-0.4, -0.2) is 37.1 Å². The second-order valence-electron chi connectivity index (χ2n) is 10.7. The van der Waals surface area contributed by atoms with Crippen LogP contribution in [0, 0.1) is 0 Å². The summed E-state index contributed by atoms with van der Waals surface area (Å²) >= 11 is 1.54. The Kier molecular flexibility index (Phi) is 7.84. The maximum Gasteiger partial charge on any atom is 0.328 e. The summed E-state index contributed by atoms with van der Waals surface area (Å²) in [4.78, 5) is 24.8. The monoisotopic (exact) mass is 624 g/mol. The molecule has 0 fully saturated rings. The summed E-state index contributed by atoms with van der Waals surface area (Å²) < 4.78 is 39.4. The van der Waals surface area contributed by atoms with E-state index in [-0.39, 0.29) is 23.0 Å². The summed E-state index contributed by atoms with van der Waals surface area (Å²) in [5.74, 6) is 0.493. The summed E-state index contributed by atoms with van der Waals surface area (Å²) in [6, 6.07) is 27.0. The van der Waals surface area contributed by atoms with Crippen LogP contribution in [0.4, 0.5) is 0 Å². The van der Waals surface area contributed by atoms with E-state index in [1.165, 1.54) is 35.1 Å². The van der Waals surface area contributed by atoms with Gasteiger partial charge in [0.1, 0.15) is 18.1 Å². The number of aliphatic carboxylic acids is 1. The molecule has 222 valence electrons. The molecule has 9 heteroatoms. The fraction of sp³-hybridized carbons (Fsp3) is 0.143. The van der Waals surface area contributed by atoms with Gasteiger partial charge in [0.25, 0.3) is 0 Å². The van der Waals surface area contributed by atoms with Crippen LogP contribution in [0.5, 0.6) is 17.2 Å². The second kappa shape index (κ2) is 11.7. The van der Waals surface area contributed by atoms with Crippen molar-refractivity contribution < 1.29 is 32.6 Å². The number of fused-ring (bicyclic) bond motifs is 2. The van der Waals surface area contributed by atoms with Gasteiger partial charge in [-0.1, -0.05) is 68.4 Å². The molecule has 1 aliphatic rings. The number of sulfone groups is 1. The lowest BCUT2D eigenvalue weighted by atomic mass is 9.96. The van der Waals surface area contributed by atoms with E-state index in [1.807, 2.05) is 24.3 Å².